The highest BCUT2D eigenvalue weighted by atomic mass is 16.2. The van der Waals surface area contributed by atoms with Gasteiger partial charge in [0.15, 0.2) is 0 Å². The summed E-state index contributed by atoms with van der Waals surface area (Å²) in [5.74, 6) is 1.70. The number of aromatic nitrogens is 2. The summed E-state index contributed by atoms with van der Waals surface area (Å²) in [6.07, 6.45) is 8.16. The molecule has 0 atom stereocenters. The van der Waals surface area contributed by atoms with Gasteiger partial charge in [-0.1, -0.05) is 26.7 Å². The normalized spacial score (nSPS) is 16.3. The van der Waals surface area contributed by atoms with Gasteiger partial charge in [-0.2, -0.15) is 0 Å². The van der Waals surface area contributed by atoms with Crippen LogP contribution in [0.25, 0.3) is 0 Å². The average Bonchev–Trinajstić information content (AvgIpc) is 2.98. The number of nitrogens with zero attached hydrogens (tertiary/aromatic N) is 4. The molecule has 2 rings (SSSR count). The molecule has 1 fully saturated rings. The van der Waals surface area contributed by atoms with E-state index in [0.29, 0.717) is 5.91 Å². The van der Waals surface area contributed by atoms with Gasteiger partial charge >= 0.3 is 0 Å². The van der Waals surface area contributed by atoms with Crippen LogP contribution in [0.2, 0.25) is 0 Å². The summed E-state index contributed by atoms with van der Waals surface area (Å²) in [6.45, 7) is 12.1. The zero-order valence-corrected chi connectivity index (χ0v) is 15.0. The molecule has 1 aliphatic heterocycles. The molecule has 5 nitrogen and oxygen atoms in total. The number of hydrogen-bond acceptors (Lipinski definition) is 3. The van der Waals surface area contributed by atoms with Crippen molar-refractivity contribution in [1.29, 1.82) is 0 Å². The molecule has 0 spiro atoms. The highest BCUT2D eigenvalue weighted by Gasteiger charge is 2.26. The fourth-order valence-corrected chi connectivity index (χ4v) is 3.43. The summed E-state index contributed by atoms with van der Waals surface area (Å²) in [4.78, 5) is 21.5. The molecule has 0 bridgehead atoms. The summed E-state index contributed by atoms with van der Waals surface area (Å²) in [7, 11) is 0. The lowest BCUT2D eigenvalue weighted by Gasteiger charge is -2.36. The predicted octanol–water partition coefficient (Wildman–Crippen LogP) is 2.55. The van der Waals surface area contributed by atoms with Gasteiger partial charge in [-0.15, -0.1) is 0 Å². The summed E-state index contributed by atoms with van der Waals surface area (Å²) < 4.78 is 2.19. The first kappa shape index (κ1) is 18.0. The number of carbonyl (C=O) groups excluding carboxylic acids is 1. The Morgan fingerprint density at radius 3 is 2.30 bits per heavy atom. The van der Waals surface area contributed by atoms with Crippen LogP contribution >= 0.6 is 0 Å². The van der Waals surface area contributed by atoms with Gasteiger partial charge in [-0.25, -0.2) is 4.98 Å². The summed E-state index contributed by atoms with van der Waals surface area (Å²) in [5, 5.41) is 0. The van der Waals surface area contributed by atoms with Crippen LogP contribution in [-0.2, 0) is 11.3 Å². The zero-order chi connectivity index (χ0) is 16.7. The molecule has 1 aromatic heterocycles. The van der Waals surface area contributed by atoms with Crippen molar-refractivity contribution in [2.75, 3.05) is 32.7 Å². The van der Waals surface area contributed by atoms with Crippen LogP contribution in [0, 0.1) is 12.8 Å². The molecule has 1 aromatic rings. The largest absolute Gasteiger partial charge is 0.340 e. The molecule has 1 aliphatic rings. The Morgan fingerprint density at radius 1 is 1.13 bits per heavy atom. The van der Waals surface area contributed by atoms with E-state index in [1.807, 2.05) is 19.3 Å². The van der Waals surface area contributed by atoms with E-state index >= 15 is 0 Å². The zero-order valence-electron chi connectivity index (χ0n) is 15.0. The molecule has 2 heterocycles. The average molecular weight is 320 g/mol. The molecule has 0 N–H and O–H groups in total. The highest BCUT2D eigenvalue weighted by molar-refractivity contribution is 5.78. The second-order valence-electron chi connectivity index (χ2n) is 6.61. The Hall–Kier alpha value is -1.36. The molecule has 0 aliphatic carbocycles. The van der Waals surface area contributed by atoms with Crippen LogP contribution in [0.5, 0.6) is 0 Å². The second kappa shape index (κ2) is 9.06. The van der Waals surface area contributed by atoms with Crippen molar-refractivity contribution in [3.05, 3.63) is 18.2 Å². The SMILES string of the molecule is CCCC(CCC)C(=O)N1CCN(CCn2ccnc2C)CC1. The molecule has 0 radical (unpaired) electrons. The van der Waals surface area contributed by atoms with Gasteiger partial charge in [0.1, 0.15) is 5.82 Å². The first-order valence-corrected chi connectivity index (χ1v) is 9.14. The Morgan fingerprint density at radius 2 is 1.78 bits per heavy atom. The Bertz CT molecular complexity index is 471. The summed E-state index contributed by atoms with van der Waals surface area (Å²) >= 11 is 0. The van der Waals surface area contributed by atoms with Crippen LogP contribution < -0.4 is 0 Å². The van der Waals surface area contributed by atoms with E-state index in [1.54, 1.807) is 0 Å². The second-order valence-corrected chi connectivity index (χ2v) is 6.61. The Kier molecular flexibility index (Phi) is 7.09. The predicted molar refractivity (Wildman–Crippen MR) is 93.3 cm³/mol. The molecule has 23 heavy (non-hydrogen) atoms. The fourth-order valence-electron chi connectivity index (χ4n) is 3.43. The van der Waals surface area contributed by atoms with Gasteiger partial charge in [0.2, 0.25) is 5.91 Å². The van der Waals surface area contributed by atoms with Crippen LogP contribution in [0.1, 0.15) is 45.4 Å². The van der Waals surface area contributed by atoms with Crippen LogP contribution in [0.3, 0.4) is 0 Å². The summed E-state index contributed by atoms with van der Waals surface area (Å²) in [6, 6.07) is 0. The number of rotatable bonds is 8. The molecule has 0 saturated carbocycles. The lowest BCUT2D eigenvalue weighted by molar-refractivity contribution is -0.137. The lowest BCUT2D eigenvalue weighted by atomic mass is 9.96. The van der Waals surface area contributed by atoms with E-state index in [2.05, 4.69) is 33.2 Å². The van der Waals surface area contributed by atoms with Crippen molar-refractivity contribution in [1.82, 2.24) is 19.4 Å². The molecule has 1 saturated heterocycles. The minimum Gasteiger partial charge on any atom is -0.340 e. The third kappa shape index (κ3) is 5.06. The lowest BCUT2D eigenvalue weighted by Crippen LogP contribution is -2.50. The van der Waals surface area contributed by atoms with Crippen LogP contribution in [0.15, 0.2) is 12.4 Å². The quantitative estimate of drug-likeness (QED) is 0.739. The minimum absolute atomic E-state index is 0.241. The smallest absolute Gasteiger partial charge is 0.225 e. The number of amides is 1. The third-order valence-corrected chi connectivity index (χ3v) is 4.89. The van der Waals surface area contributed by atoms with E-state index in [4.69, 9.17) is 0 Å². The molecule has 0 aromatic carbocycles. The number of carbonyl (C=O) groups is 1. The summed E-state index contributed by atoms with van der Waals surface area (Å²) in [5.41, 5.74) is 0. The molecule has 130 valence electrons. The van der Waals surface area contributed by atoms with Gasteiger partial charge in [-0.3, -0.25) is 9.69 Å². The first-order chi connectivity index (χ1) is 11.2. The fraction of sp³-hybridized carbons (Fsp3) is 0.778. The van der Waals surface area contributed by atoms with Crippen molar-refractivity contribution in [3.63, 3.8) is 0 Å². The Balaban J connectivity index is 1.76. The maximum atomic E-state index is 12.7. The van der Waals surface area contributed by atoms with Crippen molar-refractivity contribution in [2.24, 2.45) is 5.92 Å². The van der Waals surface area contributed by atoms with Crippen LogP contribution in [0.4, 0.5) is 0 Å². The highest BCUT2D eigenvalue weighted by Crippen LogP contribution is 2.18. The number of aryl methyl sites for hydroxylation is 1. The van der Waals surface area contributed by atoms with Crippen molar-refractivity contribution < 1.29 is 4.79 Å². The molecule has 0 unspecified atom stereocenters. The number of piperazine rings is 1. The van der Waals surface area contributed by atoms with E-state index in [-0.39, 0.29) is 5.92 Å². The monoisotopic (exact) mass is 320 g/mol. The standard InChI is InChI=1S/C18H32N4O/c1-4-6-17(7-5-2)18(23)22-14-11-20(12-15-22)10-13-21-9-8-19-16(21)3/h8-9,17H,4-7,10-15H2,1-3H3. The third-order valence-electron chi connectivity index (χ3n) is 4.89. The molecular formula is C18H32N4O. The first-order valence-electron chi connectivity index (χ1n) is 9.14. The van der Waals surface area contributed by atoms with Crippen molar-refractivity contribution in [3.8, 4) is 0 Å². The van der Waals surface area contributed by atoms with Gasteiger partial charge in [0.05, 0.1) is 0 Å². The van der Waals surface area contributed by atoms with E-state index in [9.17, 15) is 4.79 Å². The molecule has 5 heteroatoms. The van der Waals surface area contributed by atoms with Gasteiger partial charge in [0, 0.05) is 57.6 Å². The van der Waals surface area contributed by atoms with E-state index in [0.717, 1.165) is 70.8 Å². The van der Waals surface area contributed by atoms with Crippen LogP contribution in [-0.4, -0.2) is 58.0 Å². The maximum Gasteiger partial charge on any atom is 0.225 e. The van der Waals surface area contributed by atoms with E-state index in [1.165, 1.54) is 0 Å². The number of hydrogen-bond donors (Lipinski definition) is 0. The molecular weight excluding hydrogens is 288 g/mol. The van der Waals surface area contributed by atoms with E-state index < -0.39 is 0 Å². The van der Waals surface area contributed by atoms with Gasteiger partial charge in [0.25, 0.3) is 0 Å². The van der Waals surface area contributed by atoms with Gasteiger partial charge < -0.3 is 9.47 Å². The maximum absolute atomic E-state index is 12.7. The van der Waals surface area contributed by atoms with Crippen molar-refractivity contribution in [2.45, 2.75) is 53.0 Å². The number of imidazole rings is 1. The topological polar surface area (TPSA) is 41.4 Å². The van der Waals surface area contributed by atoms with Gasteiger partial charge in [-0.05, 0) is 19.8 Å². The molecule has 1 amide bonds. The minimum atomic E-state index is 0.241. The van der Waals surface area contributed by atoms with Crippen molar-refractivity contribution >= 4 is 5.91 Å². The Labute approximate surface area is 140 Å².